The van der Waals surface area contributed by atoms with Crippen LogP contribution in [-0.4, -0.2) is 0 Å². The van der Waals surface area contributed by atoms with Crippen LogP contribution in [-0.2, 0) is 6.42 Å². The van der Waals surface area contributed by atoms with Crippen LogP contribution in [0.3, 0.4) is 0 Å². The molecule has 3 N–H and O–H groups in total. The first-order valence-corrected chi connectivity index (χ1v) is 5.97. The summed E-state index contributed by atoms with van der Waals surface area (Å²) in [6.07, 6.45) is 0.666. The second-order valence-electron chi connectivity index (χ2n) is 4.43. The number of benzene rings is 2. The maximum Gasteiger partial charge on any atom is 0.128 e. The van der Waals surface area contributed by atoms with Crippen molar-refractivity contribution in [1.82, 2.24) is 5.43 Å². The minimum atomic E-state index is -0.229. The first-order valence-electron chi connectivity index (χ1n) is 5.97. The van der Waals surface area contributed by atoms with Gasteiger partial charge in [-0.1, -0.05) is 48.0 Å². The number of nitrogens with one attached hydrogen (secondary N) is 1. The van der Waals surface area contributed by atoms with Gasteiger partial charge >= 0.3 is 0 Å². The fourth-order valence-corrected chi connectivity index (χ4v) is 2.09. The van der Waals surface area contributed by atoms with Gasteiger partial charge in [-0.05, 0) is 25.0 Å². The molecule has 0 heterocycles. The minimum Gasteiger partial charge on any atom is -0.271 e. The van der Waals surface area contributed by atoms with E-state index in [1.54, 1.807) is 12.1 Å². The summed E-state index contributed by atoms with van der Waals surface area (Å²) < 4.78 is 13.7. The normalized spacial score (nSPS) is 12.4. The smallest absolute Gasteiger partial charge is 0.128 e. The first kappa shape index (κ1) is 12.7. The van der Waals surface area contributed by atoms with Gasteiger partial charge in [0.1, 0.15) is 5.82 Å². The molecule has 0 aliphatic carbocycles. The largest absolute Gasteiger partial charge is 0.271 e. The highest BCUT2D eigenvalue weighted by atomic mass is 19.1. The molecule has 94 valence electrons. The van der Waals surface area contributed by atoms with Gasteiger partial charge in [0.25, 0.3) is 0 Å². The van der Waals surface area contributed by atoms with Gasteiger partial charge in [-0.25, -0.2) is 4.39 Å². The van der Waals surface area contributed by atoms with Gasteiger partial charge in [0.15, 0.2) is 0 Å². The predicted octanol–water partition coefficient (Wildman–Crippen LogP) is 2.88. The first-order chi connectivity index (χ1) is 8.70. The van der Waals surface area contributed by atoms with Gasteiger partial charge < -0.3 is 0 Å². The third-order valence-electron chi connectivity index (χ3n) is 3.00. The Hall–Kier alpha value is -1.71. The van der Waals surface area contributed by atoms with Crippen LogP contribution in [0.5, 0.6) is 0 Å². The molecule has 0 saturated heterocycles. The molecule has 0 bridgehead atoms. The number of hydrogen-bond donors (Lipinski definition) is 2. The molecule has 0 spiro atoms. The standard InChI is InChI=1S/C15H17FN2/c1-11-5-4-6-12(9-11)10-15(18-17)13-7-2-3-8-14(13)16/h2-9,15,18H,10,17H2,1H3. The molecule has 0 fully saturated rings. The summed E-state index contributed by atoms with van der Waals surface area (Å²) in [5.74, 6) is 5.31. The Bertz CT molecular complexity index is 525. The lowest BCUT2D eigenvalue weighted by atomic mass is 9.98. The molecule has 1 unspecified atom stereocenters. The van der Waals surface area contributed by atoms with E-state index in [9.17, 15) is 4.39 Å². The van der Waals surface area contributed by atoms with Gasteiger partial charge in [0, 0.05) is 5.56 Å². The topological polar surface area (TPSA) is 38.0 Å². The fraction of sp³-hybridized carbons (Fsp3) is 0.200. The van der Waals surface area contributed by atoms with Crippen molar-refractivity contribution in [2.24, 2.45) is 5.84 Å². The Balaban J connectivity index is 2.23. The van der Waals surface area contributed by atoms with Crippen molar-refractivity contribution in [3.8, 4) is 0 Å². The van der Waals surface area contributed by atoms with E-state index < -0.39 is 0 Å². The van der Waals surface area contributed by atoms with Crippen molar-refractivity contribution in [2.75, 3.05) is 0 Å². The Labute approximate surface area is 107 Å². The van der Waals surface area contributed by atoms with Crippen molar-refractivity contribution in [2.45, 2.75) is 19.4 Å². The highest BCUT2D eigenvalue weighted by molar-refractivity contribution is 5.27. The predicted molar refractivity (Wildman–Crippen MR) is 71.3 cm³/mol. The number of halogens is 1. The number of nitrogens with two attached hydrogens (primary N) is 1. The lowest BCUT2D eigenvalue weighted by molar-refractivity contribution is 0.510. The SMILES string of the molecule is Cc1cccc(CC(NN)c2ccccc2F)c1. The second kappa shape index (κ2) is 5.76. The third kappa shape index (κ3) is 2.94. The van der Waals surface area contributed by atoms with Crippen LogP contribution in [0.2, 0.25) is 0 Å². The molecule has 3 heteroatoms. The summed E-state index contributed by atoms with van der Waals surface area (Å²) in [7, 11) is 0. The van der Waals surface area contributed by atoms with Crippen molar-refractivity contribution in [3.05, 3.63) is 71.0 Å². The summed E-state index contributed by atoms with van der Waals surface area (Å²) >= 11 is 0. The van der Waals surface area contributed by atoms with Crippen LogP contribution < -0.4 is 11.3 Å². The molecule has 0 aliphatic heterocycles. The molecule has 2 nitrogen and oxygen atoms in total. The quantitative estimate of drug-likeness (QED) is 0.641. The molecule has 0 saturated carbocycles. The number of hydrazine groups is 1. The molecule has 2 aromatic carbocycles. The van der Waals surface area contributed by atoms with E-state index in [-0.39, 0.29) is 11.9 Å². The summed E-state index contributed by atoms with van der Waals surface area (Å²) in [5.41, 5.74) is 5.62. The van der Waals surface area contributed by atoms with Gasteiger partial charge in [0.05, 0.1) is 6.04 Å². The van der Waals surface area contributed by atoms with E-state index >= 15 is 0 Å². The van der Waals surface area contributed by atoms with Gasteiger partial charge in [-0.15, -0.1) is 0 Å². The van der Waals surface area contributed by atoms with Crippen LogP contribution in [0.15, 0.2) is 48.5 Å². The second-order valence-corrected chi connectivity index (χ2v) is 4.43. The monoisotopic (exact) mass is 244 g/mol. The Morgan fingerprint density at radius 2 is 1.94 bits per heavy atom. The maximum absolute atomic E-state index is 13.7. The van der Waals surface area contributed by atoms with Crippen LogP contribution in [0.25, 0.3) is 0 Å². The lowest BCUT2D eigenvalue weighted by Gasteiger charge is -2.17. The zero-order valence-electron chi connectivity index (χ0n) is 10.4. The van der Waals surface area contributed by atoms with Crippen molar-refractivity contribution < 1.29 is 4.39 Å². The molecular formula is C15H17FN2. The third-order valence-corrected chi connectivity index (χ3v) is 3.00. The number of rotatable bonds is 4. The zero-order chi connectivity index (χ0) is 13.0. The molecule has 0 aliphatic rings. The van der Waals surface area contributed by atoms with Crippen LogP contribution >= 0.6 is 0 Å². The van der Waals surface area contributed by atoms with Gasteiger partial charge in [-0.2, -0.15) is 0 Å². The van der Waals surface area contributed by atoms with Crippen molar-refractivity contribution in [1.29, 1.82) is 0 Å². The van der Waals surface area contributed by atoms with Crippen LogP contribution in [0, 0.1) is 12.7 Å². The van der Waals surface area contributed by atoms with E-state index in [2.05, 4.69) is 11.5 Å². The van der Waals surface area contributed by atoms with Crippen LogP contribution in [0.4, 0.5) is 4.39 Å². The molecular weight excluding hydrogens is 227 g/mol. The Morgan fingerprint density at radius 3 is 2.61 bits per heavy atom. The minimum absolute atomic E-state index is 0.215. The zero-order valence-corrected chi connectivity index (χ0v) is 10.4. The molecule has 0 radical (unpaired) electrons. The molecule has 2 aromatic rings. The average molecular weight is 244 g/mol. The fourth-order valence-electron chi connectivity index (χ4n) is 2.09. The van der Waals surface area contributed by atoms with Gasteiger partial charge in [-0.3, -0.25) is 11.3 Å². The van der Waals surface area contributed by atoms with E-state index in [1.165, 1.54) is 11.6 Å². The molecule has 2 rings (SSSR count). The number of aryl methyl sites for hydroxylation is 1. The summed E-state index contributed by atoms with van der Waals surface area (Å²) in [6, 6.07) is 14.7. The maximum atomic E-state index is 13.7. The van der Waals surface area contributed by atoms with E-state index in [1.807, 2.05) is 31.2 Å². The van der Waals surface area contributed by atoms with E-state index in [4.69, 9.17) is 5.84 Å². The van der Waals surface area contributed by atoms with Crippen molar-refractivity contribution >= 4 is 0 Å². The highest BCUT2D eigenvalue weighted by Gasteiger charge is 2.14. The lowest BCUT2D eigenvalue weighted by Crippen LogP contribution is -2.30. The highest BCUT2D eigenvalue weighted by Crippen LogP contribution is 2.20. The van der Waals surface area contributed by atoms with E-state index in [0.717, 1.165) is 5.56 Å². The molecule has 0 amide bonds. The summed E-state index contributed by atoms with van der Waals surface area (Å²) in [6.45, 7) is 2.04. The van der Waals surface area contributed by atoms with Gasteiger partial charge in [0.2, 0.25) is 0 Å². The molecule has 0 aromatic heterocycles. The van der Waals surface area contributed by atoms with Crippen molar-refractivity contribution in [3.63, 3.8) is 0 Å². The molecule has 18 heavy (non-hydrogen) atoms. The Morgan fingerprint density at radius 1 is 1.17 bits per heavy atom. The average Bonchev–Trinajstić information content (AvgIpc) is 2.37. The Kier molecular flexibility index (Phi) is 4.07. The molecule has 1 atom stereocenters. The summed E-state index contributed by atoms with van der Waals surface area (Å²) in [5, 5.41) is 0. The van der Waals surface area contributed by atoms with Crippen LogP contribution in [0.1, 0.15) is 22.7 Å². The summed E-state index contributed by atoms with van der Waals surface area (Å²) in [4.78, 5) is 0. The van der Waals surface area contributed by atoms with E-state index in [0.29, 0.717) is 12.0 Å². The number of hydrogen-bond acceptors (Lipinski definition) is 2.